The number of rotatable bonds is 2. The molecule has 0 aliphatic carbocycles. The summed E-state index contributed by atoms with van der Waals surface area (Å²) in [7, 11) is -3.24. The molecule has 1 fully saturated rings. The highest BCUT2D eigenvalue weighted by Gasteiger charge is 2.25. The van der Waals surface area contributed by atoms with Crippen molar-refractivity contribution in [2.24, 2.45) is 0 Å². The van der Waals surface area contributed by atoms with Gasteiger partial charge in [-0.25, -0.2) is 17.1 Å². The van der Waals surface area contributed by atoms with Crippen molar-refractivity contribution < 1.29 is 17.6 Å². The SMILES string of the molecule is CS(=O)(=O)N1CCCN(C(=O)c2cc3c(F)cccc3s2)CC1. The van der Waals surface area contributed by atoms with Gasteiger partial charge in [-0.05, 0) is 24.6 Å². The predicted octanol–water partition coefficient (Wildman–Crippen LogP) is 2.15. The van der Waals surface area contributed by atoms with E-state index in [1.165, 1.54) is 28.0 Å². The van der Waals surface area contributed by atoms with Gasteiger partial charge >= 0.3 is 0 Å². The van der Waals surface area contributed by atoms with Crippen molar-refractivity contribution in [3.05, 3.63) is 35.0 Å². The average Bonchev–Trinajstić information content (AvgIpc) is 2.76. The number of hydrogen-bond acceptors (Lipinski definition) is 4. The van der Waals surface area contributed by atoms with Gasteiger partial charge in [-0.1, -0.05) is 6.07 Å². The topological polar surface area (TPSA) is 57.7 Å². The number of halogens is 1. The van der Waals surface area contributed by atoms with Crippen LogP contribution in [-0.4, -0.2) is 56.0 Å². The Balaban J connectivity index is 1.81. The molecule has 0 spiro atoms. The van der Waals surface area contributed by atoms with Crippen LogP contribution in [0.15, 0.2) is 24.3 Å². The van der Waals surface area contributed by atoms with E-state index in [-0.39, 0.29) is 11.7 Å². The Hall–Kier alpha value is -1.51. The molecule has 1 saturated heterocycles. The minimum atomic E-state index is -3.24. The monoisotopic (exact) mass is 356 g/mol. The predicted molar refractivity (Wildman–Crippen MR) is 88.7 cm³/mol. The number of benzene rings is 1. The molecule has 0 saturated carbocycles. The third-order valence-corrected chi connectivity index (χ3v) is 6.32. The summed E-state index contributed by atoms with van der Waals surface area (Å²) in [6.07, 6.45) is 1.78. The maximum Gasteiger partial charge on any atom is 0.264 e. The molecule has 1 amide bonds. The van der Waals surface area contributed by atoms with Crippen LogP contribution >= 0.6 is 11.3 Å². The molecule has 3 rings (SSSR count). The maximum atomic E-state index is 13.8. The zero-order valence-electron chi connectivity index (χ0n) is 12.7. The number of carbonyl (C=O) groups excluding carboxylic acids is 1. The number of fused-ring (bicyclic) bond motifs is 1. The Morgan fingerprint density at radius 3 is 2.70 bits per heavy atom. The van der Waals surface area contributed by atoms with E-state index in [1.807, 2.05) is 0 Å². The number of hydrogen-bond donors (Lipinski definition) is 0. The molecule has 2 heterocycles. The van der Waals surface area contributed by atoms with Crippen molar-refractivity contribution in [1.82, 2.24) is 9.21 Å². The van der Waals surface area contributed by atoms with Crippen LogP contribution in [0.25, 0.3) is 10.1 Å². The molecule has 0 bridgehead atoms. The molecule has 2 aromatic rings. The highest BCUT2D eigenvalue weighted by atomic mass is 32.2. The molecule has 124 valence electrons. The van der Waals surface area contributed by atoms with Gasteiger partial charge in [0.15, 0.2) is 0 Å². The second kappa shape index (κ2) is 6.18. The van der Waals surface area contributed by atoms with Crippen molar-refractivity contribution in [2.75, 3.05) is 32.4 Å². The van der Waals surface area contributed by atoms with Crippen molar-refractivity contribution in [2.45, 2.75) is 6.42 Å². The zero-order chi connectivity index (χ0) is 16.6. The molecule has 1 aromatic carbocycles. The van der Waals surface area contributed by atoms with Gasteiger partial charge in [-0.15, -0.1) is 11.3 Å². The Bertz CT molecular complexity index is 848. The maximum absolute atomic E-state index is 13.8. The van der Waals surface area contributed by atoms with Crippen molar-refractivity contribution in [3.8, 4) is 0 Å². The van der Waals surface area contributed by atoms with Crippen LogP contribution in [0.2, 0.25) is 0 Å². The molecule has 1 aliphatic rings. The van der Waals surface area contributed by atoms with Gasteiger partial charge in [0.2, 0.25) is 10.0 Å². The molecular weight excluding hydrogens is 339 g/mol. The van der Waals surface area contributed by atoms with E-state index in [0.29, 0.717) is 42.9 Å². The summed E-state index contributed by atoms with van der Waals surface area (Å²) >= 11 is 1.26. The van der Waals surface area contributed by atoms with Crippen LogP contribution in [0.5, 0.6) is 0 Å². The zero-order valence-corrected chi connectivity index (χ0v) is 14.3. The fraction of sp³-hybridized carbons (Fsp3) is 0.400. The fourth-order valence-corrected chi connectivity index (χ4v) is 4.63. The van der Waals surface area contributed by atoms with E-state index in [0.717, 1.165) is 4.70 Å². The van der Waals surface area contributed by atoms with Gasteiger partial charge in [0.25, 0.3) is 5.91 Å². The highest BCUT2D eigenvalue weighted by molar-refractivity contribution is 7.88. The third kappa shape index (κ3) is 3.39. The first kappa shape index (κ1) is 16.4. The second-order valence-electron chi connectivity index (χ2n) is 5.57. The molecule has 0 N–H and O–H groups in total. The standard InChI is InChI=1S/C15H17FN2O3S2/c1-23(20,21)18-7-3-6-17(8-9-18)15(19)14-10-11-12(16)4-2-5-13(11)22-14/h2,4-5,10H,3,6-9H2,1H3. The van der Waals surface area contributed by atoms with Crippen LogP contribution in [0.4, 0.5) is 4.39 Å². The first-order valence-corrected chi connectivity index (χ1v) is 9.95. The Kier molecular flexibility index (Phi) is 4.39. The van der Waals surface area contributed by atoms with E-state index in [1.54, 1.807) is 23.1 Å². The highest BCUT2D eigenvalue weighted by Crippen LogP contribution is 2.28. The second-order valence-corrected chi connectivity index (χ2v) is 8.64. The molecule has 0 atom stereocenters. The molecule has 0 unspecified atom stereocenters. The Morgan fingerprint density at radius 2 is 2.00 bits per heavy atom. The fourth-order valence-electron chi connectivity index (χ4n) is 2.72. The van der Waals surface area contributed by atoms with Crippen LogP contribution < -0.4 is 0 Å². The summed E-state index contributed by atoms with van der Waals surface area (Å²) in [5.41, 5.74) is 0. The first-order chi connectivity index (χ1) is 10.9. The van der Waals surface area contributed by atoms with Gasteiger partial charge in [0, 0.05) is 36.3 Å². The first-order valence-electron chi connectivity index (χ1n) is 7.29. The van der Waals surface area contributed by atoms with Crippen LogP contribution in [0.1, 0.15) is 16.1 Å². The van der Waals surface area contributed by atoms with Crippen molar-refractivity contribution >= 4 is 37.4 Å². The summed E-state index contributed by atoms with van der Waals surface area (Å²) in [6.45, 7) is 1.57. The minimum Gasteiger partial charge on any atom is -0.337 e. The van der Waals surface area contributed by atoms with Gasteiger partial charge < -0.3 is 4.90 Å². The Labute approximate surface area is 138 Å². The van der Waals surface area contributed by atoms with Gasteiger partial charge in [-0.3, -0.25) is 4.79 Å². The normalized spacial score (nSPS) is 17.4. The summed E-state index contributed by atoms with van der Waals surface area (Å²) in [4.78, 5) is 14.8. The molecular formula is C15H17FN2O3S2. The lowest BCUT2D eigenvalue weighted by Crippen LogP contribution is -2.36. The minimum absolute atomic E-state index is 0.166. The lowest BCUT2D eigenvalue weighted by molar-refractivity contribution is 0.0769. The third-order valence-electron chi connectivity index (χ3n) is 3.93. The quantitative estimate of drug-likeness (QED) is 0.828. The van der Waals surface area contributed by atoms with Crippen molar-refractivity contribution in [1.29, 1.82) is 0 Å². The van der Waals surface area contributed by atoms with Gasteiger partial charge in [0.1, 0.15) is 5.82 Å². The van der Waals surface area contributed by atoms with Crippen LogP contribution in [-0.2, 0) is 10.0 Å². The molecule has 23 heavy (non-hydrogen) atoms. The number of nitrogens with zero attached hydrogens (tertiary/aromatic N) is 2. The summed E-state index contributed by atoms with van der Waals surface area (Å²) in [5.74, 6) is -0.502. The van der Waals surface area contributed by atoms with E-state index in [9.17, 15) is 17.6 Å². The summed E-state index contributed by atoms with van der Waals surface area (Å²) < 4.78 is 39.1. The summed E-state index contributed by atoms with van der Waals surface area (Å²) in [6, 6.07) is 6.36. The number of amides is 1. The number of carbonyl (C=O) groups is 1. The van der Waals surface area contributed by atoms with Crippen LogP contribution in [0, 0.1) is 5.82 Å². The molecule has 8 heteroatoms. The number of thiophene rings is 1. The van der Waals surface area contributed by atoms with Gasteiger partial charge in [0.05, 0.1) is 11.1 Å². The lowest BCUT2D eigenvalue weighted by Gasteiger charge is -2.20. The molecule has 1 aliphatic heterocycles. The Morgan fingerprint density at radius 1 is 1.22 bits per heavy atom. The van der Waals surface area contributed by atoms with Gasteiger partial charge in [-0.2, -0.15) is 0 Å². The summed E-state index contributed by atoms with van der Waals surface area (Å²) in [5, 5.41) is 0.452. The lowest BCUT2D eigenvalue weighted by atomic mass is 10.2. The smallest absolute Gasteiger partial charge is 0.264 e. The van der Waals surface area contributed by atoms with E-state index in [4.69, 9.17) is 0 Å². The number of sulfonamides is 1. The molecule has 0 radical (unpaired) electrons. The van der Waals surface area contributed by atoms with E-state index in [2.05, 4.69) is 0 Å². The largest absolute Gasteiger partial charge is 0.337 e. The van der Waals surface area contributed by atoms with Crippen LogP contribution in [0.3, 0.4) is 0 Å². The van der Waals surface area contributed by atoms with Crippen molar-refractivity contribution in [3.63, 3.8) is 0 Å². The molecule has 5 nitrogen and oxygen atoms in total. The molecule has 1 aromatic heterocycles. The van der Waals surface area contributed by atoms with E-state index < -0.39 is 10.0 Å². The average molecular weight is 356 g/mol. The van der Waals surface area contributed by atoms with E-state index >= 15 is 0 Å².